The minimum atomic E-state index is -3.65. The summed E-state index contributed by atoms with van der Waals surface area (Å²) in [6, 6.07) is 3.70. The molecular weight excluding hydrogens is 295 g/mol. The molecule has 5 nitrogen and oxygen atoms in total. The van der Waals surface area contributed by atoms with Crippen LogP contribution in [0.2, 0.25) is 0 Å². The first kappa shape index (κ1) is 16.4. The minimum absolute atomic E-state index is 0.107. The Bertz CT molecular complexity index is 606. The summed E-state index contributed by atoms with van der Waals surface area (Å²) in [6.45, 7) is 2.70. The molecule has 1 aliphatic heterocycles. The maximum atomic E-state index is 13.6. The van der Waals surface area contributed by atoms with Gasteiger partial charge in [0, 0.05) is 25.8 Å². The highest BCUT2D eigenvalue weighted by Gasteiger charge is 2.35. The van der Waals surface area contributed by atoms with Crippen molar-refractivity contribution in [1.29, 1.82) is 0 Å². The summed E-state index contributed by atoms with van der Waals surface area (Å²) in [5.41, 5.74) is 0.336. The molecule has 0 spiro atoms. The molecular formula is C14H21FN2O3S. The zero-order valence-electron chi connectivity index (χ0n) is 12.5. The van der Waals surface area contributed by atoms with E-state index in [0.29, 0.717) is 18.6 Å². The predicted octanol–water partition coefficient (Wildman–Crippen LogP) is 1.34. The van der Waals surface area contributed by atoms with Gasteiger partial charge in [0.05, 0.1) is 17.0 Å². The molecule has 2 atom stereocenters. The lowest BCUT2D eigenvalue weighted by Crippen LogP contribution is -2.40. The van der Waals surface area contributed by atoms with Crippen LogP contribution in [0, 0.1) is 5.82 Å². The molecule has 1 saturated heterocycles. The quantitative estimate of drug-likeness (QED) is 0.891. The number of likely N-dealkylation sites (N-methyl/N-ethyl adjacent to an activating group) is 1. The number of ether oxygens (including phenoxy) is 1. The van der Waals surface area contributed by atoms with Gasteiger partial charge in [0.2, 0.25) is 10.0 Å². The number of nitrogens with zero attached hydrogens (tertiary/aromatic N) is 1. The van der Waals surface area contributed by atoms with Gasteiger partial charge in [-0.25, -0.2) is 12.8 Å². The average molecular weight is 316 g/mol. The molecule has 1 aliphatic rings. The highest BCUT2D eigenvalue weighted by atomic mass is 32.2. The zero-order valence-corrected chi connectivity index (χ0v) is 13.3. The molecule has 0 bridgehead atoms. The molecule has 1 N–H and O–H groups in total. The van der Waals surface area contributed by atoms with Crippen molar-refractivity contribution in [1.82, 2.24) is 9.62 Å². The Labute approximate surface area is 125 Å². The summed E-state index contributed by atoms with van der Waals surface area (Å²) in [4.78, 5) is 0.107. The summed E-state index contributed by atoms with van der Waals surface area (Å²) in [6.07, 6.45) is 0.531. The standard InChI is InChI=1S/C14H21FN2O3S/c1-10-14(6-7-20-10)17(3)21(18,19)12-4-5-13(15)11(8-12)9-16-2/h4-5,8,10,14,16H,6-7,9H2,1-3H3. The molecule has 1 aromatic carbocycles. The molecule has 1 fully saturated rings. The van der Waals surface area contributed by atoms with Gasteiger partial charge in [0.1, 0.15) is 5.82 Å². The minimum Gasteiger partial charge on any atom is -0.377 e. The summed E-state index contributed by atoms with van der Waals surface area (Å²) in [7, 11) is -0.421. The highest BCUT2D eigenvalue weighted by molar-refractivity contribution is 7.89. The Morgan fingerprint density at radius 3 is 2.76 bits per heavy atom. The largest absolute Gasteiger partial charge is 0.377 e. The molecule has 0 aliphatic carbocycles. The Balaban J connectivity index is 2.32. The molecule has 21 heavy (non-hydrogen) atoms. The Morgan fingerprint density at radius 1 is 1.48 bits per heavy atom. The van der Waals surface area contributed by atoms with Crippen LogP contribution in [0.1, 0.15) is 18.9 Å². The van der Waals surface area contributed by atoms with Crippen LogP contribution in [0.3, 0.4) is 0 Å². The van der Waals surface area contributed by atoms with Crippen molar-refractivity contribution < 1.29 is 17.5 Å². The van der Waals surface area contributed by atoms with Crippen molar-refractivity contribution in [2.24, 2.45) is 0 Å². The fraction of sp³-hybridized carbons (Fsp3) is 0.571. The molecule has 0 saturated carbocycles. The van der Waals surface area contributed by atoms with Crippen molar-refractivity contribution >= 4 is 10.0 Å². The molecule has 0 radical (unpaired) electrons. The molecule has 1 aromatic rings. The van der Waals surface area contributed by atoms with Gasteiger partial charge in [-0.1, -0.05) is 0 Å². The topological polar surface area (TPSA) is 58.6 Å². The van der Waals surface area contributed by atoms with Crippen LogP contribution >= 0.6 is 0 Å². The van der Waals surface area contributed by atoms with Gasteiger partial charge in [0.15, 0.2) is 0 Å². The Hall–Kier alpha value is -1.02. The van der Waals surface area contributed by atoms with E-state index >= 15 is 0 Å². The van der Waals surface area contributed by atoms with E-state index in [1.165, 1.54) is 22.5 Å². The van der Waals surface area contributed by atoms with E-state index in [1.807, 2.05) is 6.92 Å². The van der Waals surface area contributed by atoms with E-state index in [9.17, 15) is 12.8 Å². The summed E-state index contributed by atoms with van der Waals surface area (Å²) >= 11 is 0. The van der Waals surface area contributed by atoms with Crippen LogP contribution in [0.15, 0.2) is 23.1 Å². The maximum Gasteiger partial charge on any atom is 0.243 e. The van der Waals surface area contributed by atoms with Crippen LogP contribution in [0.5, 0.6) is 0 Å². The lowest BCUT2D eigenvalue weighted by Gasteiger charge is -2.26. The molecule has 7 heteroatoms. The van der Waals surface area contributed by atoms with Gasteiger partial charge in [-0.3, -0.25) is 0 Å². The molecule has 2 unspecified atom stereocenters. The molecule has 2 rings (SSSR count). The van der Waals surface area contributed by atoms with Gasteiger partial charge in [-0.15, -0.1) is 0 Å². The zero-order chi connectivity index (χ0) is 15.6. The Kier molecular flexibility index (Phi) is 4.98. The molecule has 1 heterocycles. The summed E-state index contributed by atoms with van der Waals surface area (Å²) in [5, 5.41) is 2.83. The fourth-order valence-electron chi connectivity index (χ4n) is 2.58. The monoisotopic (exact) mass is 316 g/mol. The number of benzene rings is 1. The van der Waals surface area contributed by atoms with Gasteiger partial charge in [0.25, 0.3) is 0 Å². The van der Waals surface area contributed by atoms with Gasteiger partial charge in [-0.2, -0.15) is 4.31 Å². The highest BCUT2D eigenvalue weighted by Crippen LogP contribution is 2.25. The number of halogens is 1. The lowest BCUT2D eigenvalue weighted by molar-refractivity contribution is 0.102. The normalized spacial score (nSPS) is 22.9. The number of sulfonamides is 1. The number of nitrogens with one attached hydrogen (secondary N) is 1. The third kappa shape index (κ3) is 3.26. The fourth-order valence-corrected chi connectivity index (χ4v) is 4.08. The van der Waals surface area contributed by atoms with Crippen molar-refractivity contribution in [3.8, 4) is 0 Å². The van der Waals surface area contributed by atoms with E-state index in [0.717, 1.165) is 0 Å². The Morgan fingerprint density at radius 2 is 2.19 bits per heavy atom. The van der Waals surface area contributed by atoms with E-state index in [4.69, 9.17) is 4.74 Å². The van der Waals surface area contributed by atoms with Crippen molar-refractivity contribution in [3.63, 3.8) is 0 Å². The molecule has 0 amide bonds. The smallest absolute Gasteiger partial charge is 0.243 e. The van der Waals surface area contributed by atoms with E-state index in [-0.39, 0.29) is 23.6 Å². The number of hydrogen-bond acceptors (Lipinski definition) is 4. The van der Waals surface area contributed by atoms with Crippen LogP contribution in [0.25, 0.3) is 0 Å². The lowest BCUT2D eigenvalue weighted by atomic mass is 10.2. The van der Waals surface area contributed by atoms with E-state index in [2.05, 4.69) is 5.32 Å². The summed E-state index contributed by atoms with van der Waals surface area (Å²) < 4.78 is 45.7. The first-order valence-electron chi connectivity index (χ1n) is 6.90. The number of rotatable bonds is 5. The second-order valence-corrected chi connectivity index (χ2v) is 7.23. The third-order valence-corrected chi connectivity index (χ3v) is 5.74. The number of hydrogen-bond donors (Lipinski definition) is 1. The third-order valence-electron chi connectivity index (χ3n) is 3.86. The predicted molar refractivity (Wildman–Crippen MR) is 77.9 cm³/mol. The van der Waals surface area contributed by atoms with Crippen LogP contribution in [-0.2, 0) is 21.3 Å². The van der Waals surface area contributed by atoms with Gasteiger partial charge >= 0.3 is 0 Å². The maximum absolute atomic E-state index is 13.6. The van der Waals surface area contributed by atoms with Gasteiger partial charge < -0.3 is 10.1 Å². The van der Waals surface area contributed by atoms with Crippen molar-refractivity contribution in [2.45, 2.75) is 36.9 Å². The van der Waals surface area contributed by atoms with Gasteiger partial charge in [-0.05, 0) is 38.6 Å². The van der Waals surface area contributed by atoms with Crippen LogP contribution < -0.4 is 5.32 Å². The molecule has 118 valence electrons. The second kappa shape index (κ2) is 6.39. The first-order chi connectivity index (χ1) is 9.87. The van der Waals surface area contributed by atoms with Crippen LogP contribution in [0.4, 0.5) is 4.39 Å². The van der Waals surface area contributed by atoms with E-state index in [1.54, 1.807) is 14.1 Å². The first-order valence-corrected chi connectivity index (χ1v) is 8.34. The average Bonchev–Trinajstić information content (AvgIpc) is 2.86. The van der Waals surface area contributed by atoms with Crippen molar-refractivity contribution in [2.75, 3.05) is 20.7 Å². The summed E-state index contributed by atoms with van der Waals surface area (Å²) in [5.74, 6) is -0.413. The van der Waals surface area contributed by atoms with Crippen LogP contribution in [-0.4, -0.2) is 45.6 Å². The second-order valence-electron chi connectivity index (χ2n) is 5.24. The SMILES string of the molecule is CNCc1cc(S(=O)(=O)N(C)C2CCOC2C)ccc1F. The van der Waals surface area contributed by atoms with E-state index < -0.39 is 15.8 Å². The molecule has 0 aromatic heterocycles. The van der Waals surface area contributed by atoms with Crippen molar-refractivity contribution in [3.05, 3.63) is 29.6 Å².